The Morgan fingerprint density at radius 1 is 1.22 bits per heavy atom. The van der Waals surface area contributed by atoms with E-state index in [9.17, 15) is 0 Å². The van der Waals surface area contributed by atoms with Crippen molar-refractivity contribution in [1.29, 1.82) is 0 Å². The van der Waals surface area contributed by atoms with Crippen LogP contribution < -0.4 is 14.8 Å². The lowest BCUT2D eigenvalue weighted by atomic mass is 10.1. The predicted octanol–water partition coefficient (Wildman–Crippen LogP) is 2.39. The van der Waals surface area contributed by atoms with Gasteiger partial charge in [0.15, 0.2) is 0 Å². The Kier molecular flexibility index (Phi) is 5.95. The summed E-state index contributed by atoms with van der Waals surface area (Å²) in [6.45, 7) is 4.59. The minimum absolute atomic E-state index is 0.0638. The fraction of sp³-hybridized carbons (Fsp3) is 0.571. The molecule has 0 aromatic heterocycles. The molecule has 0 radical (unpaired) electrons. The van der Waals surface area contributed by atoms with Crippen molar-refractivity contribution in [1.82, 2.24) is 5.32 Å². The van der Waals surface area contributed by atoms with Gasteiger partial charge >= 0.3 is 0 Å². The lowest BCUT2D eigenvalue weighted by Gasteiger charge is -2.19. The van der Waals surface area contributed by atoms with Crippen LogP contribution >= 0.6 is 0 Å². The van der Waals surface area contributed by atoms with Crippen LogP contribution in [0.3, 0.4) is 0 Å². The van der Waals surface area contributed by atoms with E-state index in [1.54, 1.807) is 14.2 Å². The first-order chi connectivity index (χ1) is 8.62. The zero-order valence-electron chi connectivity index (χ0n) is 11.8. The molecule has 1 N–H and O–H groups in total. The Bertz CT molecular complexity index is 368. The quantitative estimate of drug-likeness (QED) is 0.810. The Morgan fingerprint density at radius 3 is 2.50 bits per heavy atom. The topological polar surface area (TPSA) is 39.7 Å². The van der Waals surface area contributed by atoms with Crippen molar-refractivity contribution >= 4 is 0 Å². The number of ether oxygens (including phenoxy) is 3. The van der Waals surface area contributed by atoms with Crippen LogP contribution in [0, 0.1) is 0 Å². The summed E-state index contributed by atoms with van der Waals surface area (Å²) in [6, 6.07) is 6.09. The molecule has 1 aromatic carbocycles. The third-order valence-electron chi connectivity index (χ3n) is 3.00. The summed E-state index contributed by atoms with van der Waals surface area (Å²) >= 11 is 0. The van der Waals surface area contributed by atoms with Gasteiger partial charge in [-0.2, -0.15) is 0 Å². The first kappa shape index (κ1) is 14.8. The maximum absolute atomic E-state index is 5.81. The molecule has 2 atom stereocenters. The second kappa shape index (κ2) is 7.24. The van der Waals surface area contributed by atoms with Gasteiger partial charge in [0, 0.05) is 24.8 Å². The van der Waals surface area contributed by atoms with Crippen LogP contribution in [0.1, 0.15) is 25.5 Å². The molecule has 1 rings (SSSR count). The van der Waals surface area contributed by atoms with Gasteiger partial charge in [0.25, 0.3) is 0 Å². The van der Waals surface area contributed by atoms with E-state index >= 15 is 0 Å². The summed E-state index contributed by atoms with van der Waals surface area (Å²) < 4.78 is 16.2. The fourth-order valence-electron chi connectivity index (χ4n) is 1.56. The van der Waals surface area contributed by atoms with Gasteiger partial charge in [0.1, 0.15) is 18.1 Å². The van der Waals surface area contributed by atoms with Crippen LogP contribution in [-0.4, -0.2) is 34.0 Å². The SMILES string of the molecule is CNC(C)c1ccc(OC)cc1OCC(C)OC. The number of rotatable bonds is 7. The Labute approximate surface area is 109 Å². The van der Waals surface area contributed by atoms with Crippen molar-refractivity contribution in [2.75, 3.05) is 27.9 Å². The van der Waals surface area contributed by atoms with Gasteiger partial charge in [-0.1, -0.05) is 6.07 Å². The monoisotopic (exact) mass is 253 g/mol. The molecule has 4 nitrogen and oxygen atoms in total. The third-order valence-corrected chi connectivity index (χ3v) is 3.00. The van der Waals surface area contributed by atoms with Crippen LogP contribution in [0.2, 0.25) is 0 Å². The highest BCUT2D eigenvalue weighted by atomic mass is 16.5. The molecule has 4 heteroatoms. The van der Waals surface area contributed by atoms with Gasteiger partial charge in [-0.3, -0.25) is 0 Å². The second-order valence-corrected chi connectivity index (χ2v) is 4.27. The van der Waals surface area contributed by atoms with E-state index in [0.29, 0.717) is 6.61 Å². The number of hydrogen-bond donors (Lipinski definition) is 1. The fourth-order valence-corrected chi connectivity index (χ4v) is 1.56. The molecule has 18 heavy (non-hydrogen) atoms. The molecule has 1 aromatic rings. The van der Waals surface area contributed by atoms with E-state index < -0.39 is 0 Å². The maximum Gasteiger partial charge on any atom is 0.127 e. The van der Waals surface area contributed by atoms with Crippen molar-refractivity contribution in [2.45, 2.75) is 26.0 Å². The van der Waals surface area contributed by atoms with E-state index in [2.05, 4.69) is 12.2 Å². The lowest BCUT2D eigenvalue weighted by Crippen LogP contribution is -2.18. The van der Waals surface area contributed by atoms with E-state index in [-0.39, 0.29) is 12.1 Å². The summed E-state index contributed by atoms with van der Waals surface area (Å²) in [5.74, 6) is 1.63. The summed E-state index contributed by atoms with van der Waals surface area (Å²) in [4.78, 5) is 0. The van der Waals surface area contributed by atoms with Crippen molar-refractivity contribution < 1.29 is 14.2 Å². The van der Waals surface area contributed by atoms with Crippen LogP contribution in [0.5, 0.6) is 11.5 Å². The Hall–Kier alpha value is -1.26. The van der Waals surface area contributed by atoms with Gasteiger partial charge in [-0.15, -0.1) is 0 Å². The van der Waals surface area contributed by atoms with Crippen molar-refractivity contribution in [3.63, 3.8) is 0 Å². The van der Waals surface area contributed by atoms with Gasteiger partial charge in [-0.05, 0) is 27.0 Å². The summed E-state index contributed by atoms with van der Waals surface area (Å²) in [7, 11) is 5.26. The molecule has 0 spiro atoms. The molecule has 0 aliphatic rings. The average molecular weight is 253 g/mol. The lowest BCUT2D eigenvalue weighted by molar-refractivity contribution is 0.0710. The first-order valence-corrected chi connectivity index (χ1v) is 6.13. The van der Waals surface area contributed by atoms with Gasteiger partial charge < -0.3 is 19.5 Å². The summed E-state index contributed by atoms with van der Waals surface area (Å²) in [6.07, 6.45) is 0.0638. The number of hydrogen-bond acceptors (Lipinski definition) is 4. The van der Waals surface area contributed by atoms with Gasteiger partial charge in [0.2, 0.25) is 0 Å². The predicted molar refractivity (Wildman–Crippen MR) is 72.4 cm³/mol. The smallest absolute Gasteiger partial charge is 0.127 e. The van der Waals surface area contributed by atoms with Gasteiger partial charge in [0.05, 0.1) is 13.2 Å². The zero-order chi connectivity index (χ0) is 13.5. The molecule has 102 valence electrons. The second-order valence-electron chi connectivity index (χ2n) is 4.27. The molecule has 0 fully saturated rings. The molecule has 0 saturated carbocycles. The Morgan fingerprint density at radius 2 is 1.94 bits per heavy atom. The van der Waals surface area contributed by atoms with E-state index in [0.717, 1.165) is 17.1 Å². The molecule has 0 heterocycles. The number of benzene rings is 1. The van der Waals surface area contributed by atoms with Crippen molar-refractivity contribution in [3.8, 4) is 11.5 Å². The summed E-state index contributed by atoms with van der Waals surface area (Å²) in [5, 5.41) is 3.21. The maximum atomic E-state index is 5.81. The highest BCUT2D eigenvalue weighted by Crippen LogP contribution is 2.29. The number of nitrogens with one attached hydrogen (secondary N) is 1. The molecule has 2 unspecified atom stereocenters. The van der Waals surface area contributed by atoms with Crippen LogP contribution in [-0.2, 0) is 4.74 Å². The highest BCUT2D eigenvalue weighted by molar-refractivity contribution is 5.42. The Balaban J connectivity index is 2.89. The van der Waals surface area contributed by atoms with Crippen LogP contribution in [0.15, 0.2) is 18.2 Å². The molecular weight excluding hydrogens is 230 g/mol. The normalized spacial score (nSPS) is 14.1. The van der Waals surface area contributed by atoms with Crippen LogP contribution in [0.4, 0.5) is 0 Å². The van der Waals surface area contributed by atoms with Gasteiger partial charge in [-0.25, -0.2) is 0 Å². The van der Waals surface area contributed by atoms with E-state index in [4.69, 9.17) is 14.2 Å². The van der Waals surface area contributed by atoms with Crippen molar-refractivity contribution in [3.05, 3.63) is 23.8 Å². The first-order valence-electron chi connectivity index (χ1n) is 6.13. The highest BCUT2D eigenvalue weighted by Gasteiger charge is 2.12. The zero-order valence-corrected chi connectivity index (χ0v) is 11.8. The summed E-state index contributed by atoms with van der Waals surface area (Å²) in [5.41, 5.74) is 1.11. The third kappa shape index (κ3) is 3.89. The standard InChI is InChI=1S/C14H23NO3/c1-10(16-4)9-18-14-8-12(17-5)6-7-13(14)11(2)15-3/h6-8,10-11,15H,9H2,1-5H3. The molecule has 0 aliphatic heterocycles. The van der Waals surface area contributed by atoms with E-state index in [1.807, 2.05) is 32.2 Å². The minimum atomic E-state index is 0.0638. The molecule has 0 amide bonds. The largest absolute Gasteiger partial charge is 0.497 e. The van der Waals surface area contributed by atoms with Crippen LogP contribution in [0.25, 0.3) is 0 Å². The number of methoxy groups -OCH3 is 2. The molecular formula is C14H23NO3. The minimum Gasteiger partial charge on any atom is -0.497 e. The molecule has 0 saturated heterocycles. The van der Waals surface area contributed by atoms with E-state index in [1.165, 1.54) is 0 Å². The molecule has 0 aliphatic carbocycles. The van der Waals surface area contributed by atoms with Crippen molar-refractivity contribution in [2.24, 2.45) is 0 Å². The average Bonchev–Trinajstić information content (AvgIpc) is 2.43. The molecule has 0 bridgehead atoms.